The number of carbonyl (C=O) groups excluding carboxylic acids is 2. The number of amides is 2. The van der Waals surface area contributed by atoms with Gasteiger partial charge in [0.2, 0.25) is 0 Å². The van der Waals surface area contributed by atoms with E-state index in [-0.39, 0.29) is 17.2 Å². The van der Waals surface area contributed by atoms with Gasteiger partial charge in [0, 0.05) is 22.8 Å². The number of aromatic nitrogens is 1. The minimum absolute atomic E-state index is 0.137. The van der Waals surface area contributed by atoms with Crippen molar-refractivity contribution in [1.29, 1.82) is 0 Å². The smallest absolute Gasteiger partial charge is 0.293 e. The van der Waals surface area contributed by atoms with Crippen molar-refractivity contribution in [3.05, 3.63) is 70.4 Å². The van der Waals surface area contributed by atoms with Gasteiger partial charge in [-0.05, 0) is 68.6 Å². The topological polar surface area (TPSA) is 42.3 Å². The molecule has 0 radical (unpaired) electrons. The van der Waals surface area contributed by atoms with Gasteiger partial charge in [0.25, 0.3) is 11.1 Å². The lowest BCUT2D eigenvalue weighted by molar-refractivity contribution is -0.123. The third-order valence-corrected chi connectivity index (χ3v) is 5.99. The monoisotopic (exact) mass is 390 g/mol. The van der Waals surface area contributed by atoms with Gasteiger partial charge in [-0.15, -0.1) is 0 Å². The fourth-order valence-corrected chi connectivity index (χ4v) is 4.73. The molecule has 2 aromatic carbocycles. The number of hydrogen-bond acceptors (Lipinski definition) is 3. The molecule has 1 fully saturated rings. The molecule has 0 N–H and O–H groups in total. The second-order valence-electron chi connectivity index (χ2n) is 7.31. The molecule has 4 nitrogen and oxygen atoms in total. The molecule has 1 aromatic heterocycles. The zero-order chi connectivity index (χ0) is 20.0. The first-order valence-corrected chi connectivity index (χ1v) is 10.1. The number of benzene rings is 2. The molecule has 0 saturated carbocycles. The third-order valence-electron chi connectivity index (χ3n) is 5.10. The summed E-state index contributed by atoms with van der Waals surface area (Å²) in [7, 11) is 0. The lowest BCUT2D eigenvalue weighted by atomic mass is 10.1. The lowest BCUT2D eigenvalue weighted by Gasteiger charge is -2.16. The largest absolute Gasteiger partial charge is 0.317 e. The number of carbonyl (C=O) groups is 2. The molecule has 0 bridgehead atoms. The van der Waals surface area contributed by atoms with E-state index in [1.165, 1.54) is 15.7 Å². The second kappa shape index (κ2) is 6.99. The quantitative estimate of drug-likeness (QED) is 0.539. The first-order valence-electron chi connectivity index (χ1n) is 9.32. The van der Waals surface area contributed by atoms with Crippen LogP contribution in [-0.2, 0) is 4.79 Å². The highest BCUT2D eigenvalue weighted by Gasteiger charge is 2.36. The minimum Gasteiger partial charge on any atom is -0.317 e. The summed E-state index contributed by atoms with van der Waals surface area (Å²) in [6.45, 7) is 7.82. The van der Waals surface area contributed by atoms with Crippen molar-refractivity contribution in [2.45, 2.75) is 33.7 Å². The van der Waals surface area contributed by atoms with Gasteiger partial charge in [-0.25, -0.2) is 0 Å². The van der Waals surface area contributed by atoms with Crippen LogP contribution in [0.2, 0.25) is 0 Å². The predicted octanol–water partition coefficient (Wildman–Crippen LogP) is 5.69. The van der Waals surface area contributed by atoms with Crippen molar-refractivity contribution in [1.82, 2.24) is 9.47 Å². The number of fused-ring (bicyclic) bond motifs is 1. The van der Waals surface area contributed by atoms with Crippen LogP contribution in [0.4, 0.5) is 4.79 Å². The average molecular weight is 391 g/mol. The summed E-state index contributed by atoms with van der Waals surface area (Å²) in [5, 5.41) is 2.17. The van der Waals surface area contributed by atoms with Crippen molar-refractivity contribution in [3.63, 3.8) is 0 Å². The van der Waals surface area contributed by atoms with Gasteiger partial charge >= 0.3 is 0 Å². The fourth-order valence-electron chi connectivity index (χ4n) is 3.77. The van der Waals surface area contributed by atoms with E-state index in [9.17, 15) is 9.59 Å². The van der Waals surface area contributed by atoms with Crippen molar-refractivity contribution >= 4 is 39.8 Å². The Kier molecular flexibility index (Phi) is 4.63. The normalized spacial score (nSPS) is 16.2. The number of imide groups is 1. The van der Waals surface area contributed by atoms with Gasteiger partial charge in [-0.1, -0.05) is 36.4 Å². The van der Waals surface area contributed by atoms with Crippen LogP contribution in [-0.4, -0.2) is 26.7 Å². The Labute approximate surface area is 168 Å². The van der Waals surface area contributed by atoms with Gasteiger partial charge in [-0.3, -0.25) is 14.5 Å². The van der Waals surface area contributed by atoms with E-state index in [2.05, 4.69) is 47.9 Å². The minimum atomic E-state index is -0.208. The summed E-state index contributed by atoms with van der Waals surface area (Å²) in [6, 6.07) is 16.5. The lowest BCUT2D eigenvalue weighted by Crippen LogP contribution is -2.34. The number of nitrogens with zero attached hydrogens (tertiary/aromatic N) is 2. The first kappa shape index (κ1) is 18.6. The highest BCUT2D eigenvalue weighted by molar-refractivity contribution is 8.18. The Bertz CT molecular complexity index is 1140. The van der Waals surface area contributed by atoms with Crippen LogP contribution in [0.25, 0.3) is 22.5 Å². The highest BCUT2D eigenvalue weighted by Crippen LogP contribution is 2.35. The summed E-state index contributed by atoms with van der Waals surface area (Å²) >= 11 is 1.02. The van der Waals surface area contributed by atoms with E-state index in [0.717, 1.165) is 34.4 Å². The SMILES string of the molecule is Cc1cc(/C=C2/SC(=O)N(C(C)C)C2=O)c(C)n1-c1cccc2ccccc12. The Morgan fingerprint density at radius 2 is 1.71 bits per heavy atom. The molecule has 0 unspecified atom stereocenters. The molecule has 1 aliphatic rings. The Morgan fingerprint density at radius 3 is 2.43 bits per heavy atom. The van der Waals surface area contributed by atoms with E-state index in [4.69, 9.17) is 0 Å². The molecule has 142 valence electrons. The van der Waals surface area contributed by atoms with Crippen LogP contribution in [0.15, 0.2) is 53.4 Å². The highest BCUT2D eigenvalue weighted by atomic mass is 32.2. The van der Waals surface area contributed by atoms with Crippen LogP contribution >= 0.6 is 11.8 Å². The Morgan fingerprint density at radius 1 is 1.00 bits per heavy atom. The van der Waals surface area contributed by atoms with Crippen molar-refractivity contribution < 1.29 is 9.59 Å². The number of rotatable bonds is 3. The van der Waals surface area contributed by atoms with Gasteiger partial charge in [0.05, 0.1) is 10.6 Å². The molecule has 0 spiro atoms. The predicted molar refractivity (Wildman–Crippen MR) is 116 cm³/mol. The average Bonchev–Trinajstić information content (AvgIpc) is 3.09. The van der Waals surface area contributed by atoms with Gasteiger partial charge in [0.15, 0.2) is 0 Å². The van der Waals surface area contributed by atoms with E-state index < -0.39 is 0 Å². The molecule has 28 heavy (non-hydrogen) atoms. The Balaban J connectivity index is 1.81. The molecular weight excluding hydrogens is 368 g/mol. The maximum absolute atomic E-state index is 12.6. The molecule has 2 amide bonds. The summed E-state index contributed by atoms with van der Waals surface area (Å²) in [6.07, 6.45) is 1.84. The van der Waals surface area contributed by atoms with Gasteiger partial charge < -0.3 is 4.57 Å². The molecule has 1 saturated heterocycles. The maximum atomic E-state index is 12.6. The maximum Gasteiger partial charge on any atom is 0.293 e. The molecular formula is C23H22N2O2S. The fraction of sp³-hybridized carbons (Fsp3) is 0.217. The molecule has 3 aromatic rings. The van der Waals surface area contributed by atoms with E-state index in [1.54, 1.807) is 0 Å². The Hall–Kier alpha value is -2.79. The van der Waals surface area contributed by atoms with Crippen LogP contribution in [0.1, 0.15) is 30.8 Å². The molecule has 1 aliphatic heterocycles. The zero-order valence-electron chi connectivity index (χ0n) is 16.4. The molecule has 4 rings (SSSR count). The standard InChI is InChI=1S/C23H22N2O2S/c1-14(2)24-22(26)21(28-23(24)27)13-18-12-15(3)25(16(18)4)20-11-7-9-17-8-5-6-10-19(17)20/h5-14H,1-4H3/b21-13+. The number of hydrogen-bond donors (Lipinski definition) is 0. The summed E-state index contributed by atoms with van der Waals surface area (Å²) in [4.78, 5) is 26.6. The molecule has 0 aliphatic carbocycles. The van der Waals surface area contributed by atoms with Crippen molar-refractivity contribution in [2.75, 3.05) is 0 Å². The molecule has 2 heterocycles. The summed E-state index contributed by atoms with van der Waals surface area (Å²) < 4.78 is 2.21. The van der Waals surface area contributed by atoms with Crippen molar-refractivity contribution in [2.24, 2.45) is 0 Å². The van der Waals surface area contributed by atoms with Crippen LogP contribution in [0, 0.1) is 13.8 Å². The third kappa shape index (κ3) is 2.96. The van der Waals surface area contributed by atoms with Crippen LogP contribution < -0.4 is 0 Å². The van der Waals surface area contributed by atoms with Gasteiger partial charge in [-0.2, -0.15) is 0 Å². The zero-order valence-corrected chi connectivity index (χ0v) is 17.2. The first-order chi connectivity index (χ1) is 13.4. The molecule has 0 atom stereocenters. The van der Waals surface area contributed by atoms with Crippen LogP contribution in [0.3, 0.4) is 0 Å². The van der Waals surface area contributed by atoms with E-state index >= 15 is 0 Å². The summed E-state index contributed by atoms with van der Waals surface area (Å²) in [5.41, 5.74) is 4.20. The van der Waals surface area contributed by atoms with E-state index in [1.807, 2.05) is 39.0 Å². The van der Waals surface area contributed by atoms with Gasteiger partial charge in [0.1, 0.15) is 0 Å². The number of thioether (sulfide) groups is 1. The molecule has 5 heteroatoms. The number of aryl methyl sites for hydroxylation is 1. The second-order valence-corrected chi connectivity index (χ2v) is 8.30. The van der Waals surface area contributed by atoms with Crippen molar-refractivity contribution in [3.8, 4) is 5.69 Å². The van der Waals surface area contributed by atoms with Crippen LogP contribution in [0.5, 0.6) is 0 Å². The van der Waals surface area contributed by atoms with E-state index in [0.29, 0.717) is 4.91 Å². The summed E-state index contributed by atoms with van der Waals surface area (Å²) in [5.74, 6) is -0.208.